The van der Waals surface area contributed by atoms with E-state index >= 15 is 0 Å². The van der Waals surface area contributed by atoms with Crippen molar-refractivity contribution in [1.82, 2.24) is 5.32 Å². The van der Waals surface area contributed by atoms with Crippen LogP contribution in [-0.4, -0.2) is 30.2 Å². The van der Waals surface area contributed by atoms with Crippen LogP contribution in [0.3, 0.4) is 0 Å². The molecule has 0 heterocycles. The van der Waals surface area contributed by atoms with Crippen molar-refractivity contribution in [3.05, 3.63) is 11.6 Å². The zero-order valence-corrected chi connectivity index (χ0v) is 24.6. The van der Waals surface area contributed by atoms with Gasteiger partial charge < -0.3 is 5.32 Å². The van der Waals surface area contributed by atoms with Gasteiger partial charge in [0.25, 0.3) is 0 Å². The third-order valence-electron chi connectivity index (χ3n) is 12.4. The number of nitriles is 1. The van der Waals surface area contributed by atoms with Crippen LogP contribution in [0.2, 0.25) is 0 Å². The summed E-state index contributed by atoms with van der Waals surface area (Å²) in [6, 6.07) is 2.24. The van der Waals surface area contributed by atoms with Crippen molar-refractivity contribution in [2.24, 2.45) is 56.7 Å². The fourth-order valence-corrected chi connectivity index (χ4v) is 10.5. The van der Waals surface area contributed by atoms with Crippen LogP contribution >= 0.6 is 0 Å². The lowest BCUT2D eigenvalue weighted by Gasteiger charge is -2.66. The average Bonchev–Trinajstić information content (AvgIpc) is 2.85. The van der Waals surface area contributed by atoms with Gasteiger partial charge in [-0.05, 0) is 91.4 Å². The van der Waals surface area contributed by atoms with Gasteiger partial charge in [-0.2, -0.15) is 18.4 Å². The highest BCUT2D eigenvalue weighted by Gasteiger charge is 2.67. The second-order valence-electron chi connectivity index (χ2n) is 15.5. The molecule has 40 heavy (non-hydrogen) atoms. The number of carbonyl (C=O) groups excluding carboxylic acids is 3. The Morgan fingerprint density at radius 1 is 0.975 bits per heavy atom. The Morgan fingerprint density at radius 3 is 2.27 bits per heavy atom. The van der Waals surface area contributed by atoms with Crippen LogP contribution in [0.1, 0.15) is 92.9 Å². The maximum Gasteiger partial charge on any atom is 0.405 e. The summed E-state index contributed by atoms with van der Waals surface area (Å²) in [6.07, 6.45) is 2.23. The molecular formula is C32H43F3N2O3. The number of Topliss-reactive ketones (excluding diaryl/α,β-unsaturated/α-hetero) is 1. The van der Waals surface area contributed by atoms with Gasteiger partial charge in [0.05, 0.1) is 11.5 Å². The molecule has 0 aromatic rings. The lowest BCUT2D eigenvalue weighted by Crippen LogP contribution is -2.64. The number of rotatable bonds is 2. The molecule has 0 aromatic heterocycles. The van der Waals surface area contributed by atoms with Crippen LogP contribution in [0.5, 0.6) is 0 Å². The maximum absolute atomic E-state index is 14.2. The van der Waals surface area contributed by atoms with E-state index in [0.717, 1.165) is 24.8 Å². The van der Waals surface area contributed by atoms with Crippen molar-refractivity contribution in [3.8, 4) is 6.07 Å². The number of carbonyl (C=O) groups is 3. The van der Waals surface area contributed by atoms with Crippen LogP contribution in [0.25, 0.3) is 0 Å². The molecule has 8 unspecified atom stereocenters. The zero-order valence-electron chi connectivity index (χ0n) is 24.6. The molecular weight excluding hydrogens is 517 g/mol. The molecule has 5 aliphatic rings. The molecule has 0 aromatic carbocycles. The number of hydrogen-bond acceptors (Lipinski definition) is 4. The molecule has 0 saturated heterocycles. The van der Waals surface area contributed by atoms with Gasteiger partial charge >= 0.3 is 6.18 Å². The summed E-state index contributed by atoms with van der Waals surface area (Å²) in [4.78, 5) is 41.0. The number of amides is 1. The lowest BCUT2D eigenvalue weighted by molar-refractivity contribution is -0.168. The van der Waals surface area contributed by atoms with Gasteiger partial charge in [-0.25, -0.2) is 0 Å². The van der Waals surface area contributed by atoms with Crippen molar-refractivity contribution < 1.29 is 27.6 Å². The quantitative estimate of drug-likeness (QED) is 0.414. The monoisotopic (exact) mass is 560 g/mol. The van der Waals surface area contributed by atoms with Crippen molar-refractivity contribution >= 4 is 17.5 Å². The number of halogens is 3. The van der Waals surface area contributed by atoms with E-state index < -0.39 is 46.7 Å². The normalized spacial score (nSPS) is 43.7. The third kappa shape index (κ3) is 4.11. The molecule has 4 saturated carbocycles. The summed E-state index contributed by atoms with van der Waals surface area (Å²) in [5.74, 6) is -2.08. The van der Waals surface area contributed by atoms with E-state index in [9.17, 15) is 32.8 Å². The van der Waals surface area contributed by atoms with E-state index in [2.05, 4.69) is 39.1 Å². The molecule has 220 valence electrons. The molecule has 0 aliphatic heterocycles. The molecule has 0 spiro atoms. The average molecular weight is 561 g/mol. The summed E-state index contributed by atoms with van der Waals surface area (Å²) in [6.45, 7) is 11.1. The van der Waals surface area contributed by atoms with E-state index in [1.165, 1.54) is 0 Å². The summed E-state index contributed by atoms with van der Waals surface area (Å²) in [5.41, 5.74) is -1.55. The molecule has 5 aliphatic carbocycles. The molecule has 0 radical (unpaired) electrons. The van der Waals surface area contributed by atoms with Crippen LogP contribution in [-0.2, 0) is 14.4 Å². The van der Waals surface area contributed by atoms with Crippen molar-refractivity contribution in [2.75, 3.05) is 6.54 Å². The Labute approximate surface area is 235 Å². The first kappa shape index (κ1) is 29.3. The maximum atomic E-state index is 14.2. The zero-order chi connectivity index (χ0) is 29.7. The van der Waals surface area contributed by atoms with Gasteiger partial charge in [0.1, 0.15) is 12.5 Å². The lowest BCUT2D eigenvalue weighted by atomic mass is 9.37. The predicted octanol–water partition coefficient (Wildman–Crippen LogP) is 6.57. The number of hydrogen-bond donors (Lipinski definition) is 1. The van der Waals surface area contributed by atoms with Crippen molar-refractivity contribution in [2.45, 2.75) is 99.1 Å². The van der Waals surface area contributed by atoms with Crippen LogP contribution in [0.15, 0.2) is 11.6 Å². The Balaban J connectivity index is 1.57. The number of nitrogens with one attached hydrogen (secondary N) is 1. The van der Waals surface area contributed by atoms with Gasteiger partial charge in [0.2, 0.25) is 5.91 Å². The van der Waals surface area contributed by atoms with Crippen LogP contribution in [0.4, 0.5) is 13.2 Å². The number of alkyl halides is 3. The van der Waals surface area contributed by atoms with Gasteiger partial charge in [-0.15, -0.1) is 0 Å². The SMILES string of the molecule is CC1(C)CCC2(C(=O)NCC(F)(F)F)CCC3C(C(=O)C=C4C3(C)CCC3C(C)(C)C(=O)C(C#N)CC43C)C2C1. The highest BCUT2D eigenvalue weighted by molar-refractivity contribution is 5.96. The van der Waals surface area contributed by atoms with Crippen LogP contribution in [0, 0.1) is 68.0 Å². The Morgan fingerprint density at radius 2 is 1.65 bits per heavy atom. The van der Waals surface area contributed by atoms with E-state index in [1.807, 2.05) is 13.8 Å². The highest BCUT2D eigenvalue weighted by atomic mass is 19.4. The molecule has 5 nitrogen and oxygen atoms in total. The molecule has 8 atom stereocenters. The van der Waals surface area contributed by atoms with Crippen LogP contribution < -0.4 is 5.32 Å². The van der Waals surface area contributed by atoms with Gasteiger partial charge in [0, 0.05) is 11.3 Å². The molecule has 8 heteroatoms. The third-order valence-corrected chi connectivity index (χ3v) is 12.4. The van der Waals surface area contributed by atoms with E-state index in [1.54, 1.807) is 6.08 Å². The predicted molar refractivity (Wildman–Crippen MR) is 143 cm³/mol. The second-order valence-corrected chi connectivity index (χ2v) is 15.5. The topological polar surface area (TPSA) is 87.0 Å². The fourth-order valence-electron chi connectivity index (χ4n) is 10.5. The first-order valence-electron chi connectivity index (χ1n) is 14.9. The highest BCUT2D eigenvalue weighted by Crippen LogP contribution is 2.71. The van der Waals surface area contributed by atoms with Gasteiger partial charge in [0.15, 0.2) is 11.6 Å². The smallest absolute Gasteiger partial charge is 0.346 e. The summed E-state index contributed by atoms with van der Waals surface area (Å²) in [5, 5.41) is 12.1. The molecule has 1 N–H and O–H groups in total. The van der Waals surface area contributed by atoms with Gasteiger partial charge in [-0.1, -0.05) is 47.1 Å². The number of fused-ring (bicyclic) bond motifs is 7. The largest absolute Gasteiger partial charge is 0.405 e. The molecule has 4 fully saturated rings. The molecule has 5 rings (SSSR count). The number of nitrogens with zero attached hydrogens (tertiary/aromatic N) is 1. The fraction of sp³-hybridized carbons (Fsp3) is 0.812. The summed E-state index contributed by atoms with van der Waals surface area (Å²) in [7, 11) is 0. The Kier molecular flexibility index (Phi) is 6.54. The first-order valence-corrected chi connectivity index (χ1v) is 14.9. The van der Waals surface area contributed by atoms with E-state index in [0.29, 0.717) is 32.1 Å². The number of ketones is 2. The molecule has 1 amide bonds. The van der Waals surface area contributed by atoms with Crippen molar-refractivity contribution in [3.63, 3.8) is 0 Å². The molecule has 0 bridgehead atoms. The standard InChI is InChI=1S/C32H43F3N2O3/c1-27(2)11-12-31(26(40)37-17-32(33,34)35)10-7-19-24(20(31)15-27)21(38)13-23-29(19,5)9-8-22-28(3,4)25(39)18(16-36)14-30(22,23)6/h13,18-20,22,24H,7-12,14-15,17H2,1-6H3,(H,37,40). The van der Waals surface area contributed by atoms with E-state index in [-0.39, 0.29) is 40.2 Å². The Bertz CT molecular complexity index is 1210. The van der Waals surface area contributed by atoms with E-state index in [4.69, 9.17) is 0 Å². The summed E-state index contributed by atoms with van der Waals surface area (Å²) >= 11 is 0. The number of allylic oxidation sites excluding steroid dienone is 2. The minimum Gasteiger partial charge on any atom is -0.346 e. The summed E-state index contributed by atoms with van der Waals surface area (Å²) < 4.78 is 39.2. The van der Waals surface area contributed by atoms with Gasteiger partial charge in [-0.3, -0.25) is 14.4 Å². The minimum absolute atomic E-state index is 0.0153. The second kappa shape index (κ2) is 8.91. The van der Waals surface area contributed by atoms with Crippen molar-refractivity contribution in [1.29, 1.82) is 5.26 Å². The first-order chi connectivity index (χ1) is 18.3. The minimum atomic E-state index is -4.50. The Hall–Kier alpha value is -2.17.